The molecule has 0 aromatic rings. The second-order valence-electron chi connectivity index (χ2n) is 2.54. The second-order valence-corrected chi connectivity index (χ2v) is 2.54. The van der Waals surface area contributed by atoms with Crippen LogP contribution in [0.1, 0.15) is 20.3 Å². The molecule has 50 valence electrons. The molecule has 1 N–H and O–H groups in total. The van der Waals surface area contributed by atoms with E-state index in [0.717, 1.165) is 6.42 Å². The van der Waals surface area contributed by atoms with E-state index in [1.165, 1.54) is 11.1 Å². The van der Waals surface area contributed by atoms with E-state index in [9.17, 15) is 0 Å². The Labute approximate surface area is 55.7 Å². The Morgan fingerprint density at radius 1 is 1.44 bits per heavy atom. The normalized spacial score (nSPS) is 27.2. The predicted octanol–water partition coefficient (Wildman–Crippen LogP) is 1.64. The summed E-state index contributed by atoms with van der Waals surface area (Å²) in [4.78, 5) is 0. The molecule has 9 heavy (non-hydrogen) atoms. The molecule has 0 heterocycles. The van der Waals surface area contributed by atoms with Crippen LogP contribution in [0.3, 0.4) is 0 Å². The van der Waals surface area contributed by atoms with Gasteiger partial charge in [0.1, 0.15) is 0 Å². The van der Waals surface area contributed by atoms with Crippen LogP contribution in [0.25, 0.3) is 0 Å². The fourth-order valence-electron chi connectivity index (χ4n) is 0.947. The highest BCUT2D eigenvalue weighted by Gasteiger charge is 2.05. The Kier molecular flexibility index (Phi) is 1.72. The van der Waals surface area contributed by atoms with Gasteiger partial charge >= 0.3 is 0 Å². The first kappa shape index (κ1) is 6.56. The van der Waals surface area contributed by atoms with E-state index in [2.05, 4.69) is 13.0 Å². The maximum absolute atomic E-state index is 9.08. The smallest absolute Gasteiger partial charge is 0.0761 e. The summed E-state index contributed by atoms with van der Waals surface area (Å²) in [5.74, 6) is 0. The fraction of sp³-hybridized carbons (Fsp3) is 0.500. The Balaban J connectivity index is 2.75. The van der Waals surface area contributed by atoms with Crippen molar-refractivity contribution in [2.75, 3.05) is 0 Å². The van der Waals surface area contributed by atoms with Gasteiger partial charge in [-0.3, -0.25) is 0 Å². The van der Waals surface area contributed by atoms with Gasteiger partial charge < -0.3 is 5.11 Å². The molecular weight excluding hydrogens is 112 g/mol. The topological polar surface area (TPSA) is 20.2 Å². The Morgan fingerprint density at radius 2 is 2.11 bits per heavy atom. The lowest BCUT2D eigenvalue weighted by molar-refractivity contribution is 0.224. The zero-order valence-corrected chi connectivity index (χ0v) is 5.89. The molecule has 0 radical (unpaired) electrons. The molecular formula is C8H12O. The molecule has 1 rings (SSSR count). The van der Waals surface area contributed by atoms with Gasteiger partial charge in [-0.05, 0) is 25.8 Å². The molecule has 1 atom stereocenters. The summed E-state index contributed by atoms with van der Waals surface area (Å²) < 4.78 is 0. The van der Waals surface area contributed by atoms with Crippen molar-refractivity contribution < 1.29 is 5.11 Å². The highest BCUT2D eigenvalue weighted by molar-refractivity contribution is 5.31. The molecule has 1 unspecified atom stereocenters. The summed E-state index contributed by atoms with van der Waals surface area (Å²) in [7, 11) is 0. The van der Waals surface area contributed by atoms with Gasteiger partial charge in [0.25, 0.3) is 0 Å². The van der Waals surface area contributed by atoms with Crippen LogP contribution < -0.4 is 0 Å². The molecule has 0 saturated heterocycles. The number of hydrogen-bond acceptors (Lipinski definition) is 1. The summed E-state index contributed by atoms with van der Waals surface area (Å²) in [5.41, 5.74) is 2.49. The van der Waals surface area contributed by atoms with Crippen LogP contribution in [0, 0.1) is 0 Å². The summed E-state index contributed by atoms with van der Waals surface area (Å²) in [5, 5.41) is 9.08. The minimum Gasteiger partial charge on any atom is -0.389 e. The van der Waals surface area contributed by atoms with Crippen LogP contribution in [0.2, 0.25) is 0 Å². The lowest BCUT2D eigenvalue weighted by atomic mass is 9.99. The van der Waals surface area contributed by atoms with Crippen LogP contribution in [-0.4, -0.2) is 11.2 Å². The lowest BCUT2D eigenvalue weighted by Crippen LogP contribution is -2.05. The minimum absolute atomic E-state index is 0.242. The van der Waals surface area contributed by atoms with E-state index in [1.807, 2.05) is 13.0 Å². The SMILES string of the molecule is CC1=CCC(O)C=C1C. The fourth-order valence-corrected chi connectivity index (χ4v) is 0.947. The third-order valence-corrected chi connectivity index (χ3v) is 1.73. The molecule has 0 spiro atoms. The van der Waals surface area contributed by atoms with Crippen molar-refractivity contribution in [2.24, 2.45) is 0 Å². The summed E-state index contributed by atoms with van der Waals surface area (Å²) in [6, 6.07) is 0. The first-order chi connectivity index (χ1) is 4.20. The highest BCUT2D eigenvalue weighted by atomic mass is 16.3. The molecule has 0 saturated carbocycles. The first-order valence-electron chi connectivity index (χ1n) is 3.24. The largest absolute Gasteiger partial charge is 0.389 e. The Morgan fingerprint density at radius 3 is 2.56 bits per heavy atom. The molecule has 0 amide bonds. The van der Waals surface area contributed by atoms with E-state index in [0.29, 0.717) is 0 Å². The van der Waals surface area contributed by atoms with Gasteiger partial charge in [0.15, 0.2) is 0 Å². The van der Waals surface area contributed by atoms with Crippen molar-refractivity contribution >= 4 is 0 Å². The molecule has 0 aliphatic heterocycles. The van der Waals surface area contributed by atoms with Crippen molar-refractivity contribution in [1.29, 1.82) is 0 Å². The summed E-state index contributed by atoms with van der Waals surface area (Å²) >= 11 is 0. The zero-order valence-electron chi connectivity index (χ0n) is 5.89. The molecule has 0 aromatic heterocycles. The van der Waals surface area contributed by atoms with E-state index < -0.39 is 0 Å². The maximum atomic E-state index is 9.08. The minimum atomic E-state index is -0.242. The molecule has 1 heteroatoms. The molecule has 0 fully saturated rings. The molecule has 0 bridgehead atoms. The van der Waals surface area contributed by atoms with Crippen LogP contribution in [0.5, 0.6) is 0 Å². The number of hydrogen-bond donors (Lipinski definition) is 1. The lowest BCUT2D eigenvalue weighted by Gasteiger charge is -2.12. The second kappa shape index (κ2) is 2.36. The molecule has 0 aromatic carbocycles. The van der Waals surface area contributed by atoms with E-state index in [1.54, 1.807) is 0 Å². The molecule has 1 nitrogen and oxygen atoms in total. The van der Waals surface area contributed by atoms with Crippen LogP contribution in [-0.2, 0) is 0 Å². The third-order valence-electron chi connectivity index (χ3n) is 1.73. The number of aliphatic hydroxyl groups excluding tert-OH is 1. The van der Waals surface area contributed by atoms with Crippen molar-refractivity contribution in [3.05, 3.63) is 23.3 Å². The van der Waals surface area contributed by atoms with Crippen molar-refractivity contribution in [1.82, 2.24) is 0 Å². The van der Waals surface area contributed by atoms with Gasteiger partial charge in [0.2, 0.25) is 0 Å². The third kappa shape index (κ3) is 1.42. The van der Waals surface area contributed by atoms with E-state index >= 15 is 0 Å². The van der Waals surface area contributed by atoms with E-state index in [4.69, 9.17) is 5.11 Å². The average Bonchev–Trinajstić information content (AvgIpc) is 1.80. The number of allylic oxidation sites excluding steroid dienone is 2. The van der Waals surface area contributed by atoms with Crippen molar-refractivity contribution in [2.45, 2.75) is 26.4 Å². The van der Waals surface area contributed by atoms with Gasteiger partial charge in [-0.15, -0.1) is 0 Å². The maximum Gasteiger partial charge on any atom is 0.0761 e. The molecule has 1 aliphatic carbocycles. The standard InChI is InChI=1S/C8H12O/c1-6-3-4-8(9)5-7(6)2/h3,5,8-9H,4H2,1-2H3. The van der Waals surface area contributed by atoms with E-state index in [-0.39, 0.29) is 6.10 Å². The number of aliphatic hydroxyl groups is 1. The van der Waals surface area contributed by atoms with Crippen molar-refractivity contribution in [3.8, 4) is 0 Å². The van der Waals surface area contributed by atoms with Crippen molar-refractivity contribution in [3.63, 3.8) is 0 Å². The zero-order chi connectivity index (χ0) is 6.85. The molecule has 1 aliphatic rings. The van der Waals surface area contributed by atoms with Crippen LogP contribution >= 0.6 is 0 Å². The van der Waals surface area contributed by atoms with Crippen LogP contribution in [0.4, 0.5) is 0 Å². The average molecular weight is 124 g/mol. The van der Waals surface area contributed by atoms with Gasteiger partial charge in [0.05, 0.1) is 6.10 Å². The first-order valence-corrected chi connectivity index (χ1v) is 3.24. The van der Waals surface area contributed by atoms with Gasteiger partial charge in [0, 0.05) is 0 Å². The Hall–Kier alpha value is -0.560. The summed E-state index contributed by atoms with van der Waals surface area (Å²) in [6.07, 6.45) is 4.51. The summed E-state index contributed by atoms with van der Waals surface area (Å²) in [6.45, 7) is 4.09. The van der Waals surface area contributed by atoms with Crippen LogP contribution in [0.15, 0.2) is 23.3 Å². The number of rotatable bonds is 0. The predicted molar refractivity (Wildman–Crippen MR) is 38.1 cm³/mol. The van der Waals surface area contributed by atoms with Gasteiger partial charge in [-0.1, -0.05) is 17.7 Å². The quantitative estimate of drug-likeness (QED) is 0.520. The monoisotopic (exact) mass is 124 g/mol. The van der Waals surface area contributed by atoms with Gasteiger partial charge in [-0.25, -0.2) is 0 Å². The Bertz CT molecular complexity index is 165. The highest BCUT2D eigenvalue weighted by Crippen LogP contribution is 2.16. The van der Waals surface area contributed by atoms with Gasteiger partial charge in [-0.2, -0.15) is 0 Å².